The van der Waals surface area contributed by atoms with Crippen LogP contribution in [0.1, 0.15) is 22.8 Å². The number of carbonyl (C=O) groups is 1. The molecule has 0 unspecified atom stereocenters. The summed E-state index contributed by atoms with van der Waals surface area (Å²) in [5, 5.41) is 8.88. The van der Waals surface area contributed by atoms with Crippen molar-refractivity contribution in [2.75, 3.05) is 31.5 Å². The fourth-order valence-electron chi connectivity index (χ4n) is 4.46. The first-order valence-corrected chi connectivity index (χ1v) is 12.4. The van der Waals surface area contributed by atoms with Gasteiger partial charge in [0, 0.05) is 60.0 Å². The van der Waals surface area contributed by atoms with Crippen LogP contribution in [0.3, 0.4) is 0 Å². The lowest BCUT2D eigenvalue weighted by atomic mass is 10.00. The van der Waals surface area contributed by atoms with E-state index in [-0.39, 0.29) is 5.78 Å². The average Bonchev–Trinajstić information content (AvgIpc) is 2.85. The number of benzene rings is 3. The summed E-state index contributed by atoms with van der Waals surface area (Å²) in [5.41, 5.74) is 6.12. The Kier molecular flexibility index (Phi) is 7.02. The van der Waals surface area contributed by atoms with Crippen LogP contribution in [0, 0.1) is 0 Å². The van der Waals surface area contributed by atoms with Gasteiger partial charge in [-0.15, -0.1) is 0 Å². The number of aromatic nitrogens is 1. The summed E-state index contributed by atoms with van der Waals surface area (Å²) in [6.07, 6.45) is 1.64. The van der Waals surface area contributed by atoms with Gasteiger partial charge in [-0.1, -0.05) is 41.4 Å². The van der Waals surface area contributed by atoms with Crippen molar-refractivity contribution in [3.05, 3.63) is 88.0 Å². The van der Waals surface area contributed by atoms with E-state index >= 15 is 0 Å². The van der Waals surface area contributed by atoms with Gasteiger partial charge < -0.3 is 10.6 Å². The molecule has 0 radical (unpaired) electrons. The number of Topliss-reactive ketones (excluding diaryl/α,β-unsaturated/α-hetero) is 1. The van der Waals surface area contributed by atoms with Gasteiger partial charge in [-0.05, 0) is 66.1 Å². The number of hydrogen-bond donors (Lipinski definition) is 2. The van der Waals surface area contributed by atoms with Crippen molar-refractivity contribution in [2.24, 2.45) is 0 Å². The first-order valence-electron chi connectivity index (χ1n) is 11.7. The van der Waals surface area contributed by atoms with E-state index in [0.717, 1.165) is 66.1 Å². The Morgan fingerprint density at radius 2 is 1.69 bits per heavy atom. The fourth-order valence-corrected chi connectivity index (χ4v) is 4.99. The summed E-state index contributed by atoms with van der Waals surface area (Å²) < 4.78 is 0. The molecule has 4 aromatic rings. The minimum atomic E-state index is -0.0477. The number of hydrogen-bond acceptors (Lipinski definition) is 5. The Balaban J connectivity index is 1.50. The highest BCUT2D eigenvalue weighted by molar-refractivity contribution is 6.35. The summed E-state index contributed by atoms with van der Waals surface area (Å²) >= 11 is 12.5. The molecule has 0 amide bonds. The number of rotatable bonds is 6. The molecule has 3 aromatic carbocycles. The van der Waals surface area contributed by atoms with Crippen LogP contribution in [0.25, 0.3) is 22.0 Å². The lowest BCUT2D eigenvalue weighted by Gasteiger charge is -2.27. The minimum Gasteiger partial charge on any atom is -0.354 e. The Morgan fingerprint density at radius 1 is 0.971 bits per heavy atom. The van der Waals surface area contributed by atoms with Gasteiger partial charge in [0.25, 0.3) is 0 Å². The molecule has 1 aliphatic rings. The molecule has 5 nitrogen and oxygen atoms in total. The molecule has 2 N–H and O–H groups in total. The average molecular weight is 505 g/mol. The second-order valence-electron chi connectivity index (χ2n) is 8.84. The number of nitrogens with one attached hydrogen (secondary N) is 2. The molecular weight excluding hydrogens is 479 g/mol. The highest BCUT2D eigenvalue weighted by atomic mass is 35.5. The minimum absolute atomic E-state index is 0.0477. The lowest BCUT2D eigenvalue weighted by molar-refractivity contribution is 0.101. The maximum absolute atomic E-state index is 12.5. The highest BCUT2D eigenvalue weighted by Crippen LogP contribution is 2.34. The van der Waals surface area contributed by atoms with E-state index in [1.165, 1.54) is 5.56 Å². The van der Waals surface area contributed by atoms with Gasteiger partial charge >= 0.3 is 0 Å². The van der Waals surface area contributed by atoms with Crippen LogP contribution in [0.5, 0.6) is 0 Å². The number of piperazine rings is 1. The van der Waals surface area contributed by atoms with Gasteiger partial charge in [0.1, 0.15) is 0 Å². The molecular formula is C28H26Cl2N4O. The smallest absolute Gasteiger partial charge is 0.163 e. The van der Waals surface area contributed by atoms with Gasteiger partial charge in [-0.2, -0.15) is 0 Å². The number of carbonyl (C=O) groups excluding carboxylic acids is 1. The molecule has 1 aliphatic heterocycles. The summed E-state index contributed by atoms with van der Waals surface area (Å²) in [4.78, 5) is 19.5. The number of fused-ring (bicyclic) bond motifs is 1. The number of halogens is 2. The van der Waals surface area contributed by atoms with Crippen LogP contribution >= 0.6 is 23.2 Å². The molecule has 1 aromatic heterocycles. The zero-order valence-corrected chi connectivity index (χ0v) is 21.0. The van der Waals surface area contributed by atoms with E-state index in [2.05, 4.69) is 44.8 Å². The van der Waals surface area contributed by atoms with Crippen molar-refractivity contribution < 1.29 is 4.79 Å². The van der Waals surface area contributed by atoms with Crippen LogP contribution in [-0.2, 0) is 6.54 Å². The molecule has 0 aliphatic carbocycles. The normalized spacial score (nSPS) is 14.3. The van der Waals surface area contributed by atoms with Crippen LogP contribution in [0.4, 0.5) is 11.4 Å². The monoisotopic (exact) mass is 504 g/mol. The summed E-state index contributed by atoms with van der Waals surface area (Å²) in [7, 11) is 0. The van der Waals surface area contributed by atoms with Crippen LogP contribution in [0.15, 0.2) is 66.9 Å². The summed E-state index contributed by atoms with van der Waals surface area (Å²) in [5.74, 6) is -0.0477. The highest BCUT2D eigenvalue weighted by Gasteiger charge is 2.15. The van der Waals surface area contributed by atoms with E-state index in [1.807, 2.05) is 30.3 Å². The van der Waals surface area contributed by atoms with E-state index in [4.69, 9.17) is 23.2 Å². The number of anilines is 2. The molecule has 35 heavy (non-hydrogen) atoms. The van der Waals surface area contributed by atoms with Crippen molar-refractivity contribution in [3.63, 3.8) is 0 Å². The van der Waals surface area contributed by atoms with Gasteiger partial charge in [-0.25, -0.2) is 0 Å². The van der Waals surface area contributed by atoms with Crippen LogP contribution in [0.2, 0.25) is 10.0 Å². The zero-order chi connectivity index (χ0) is 24.4. The molecule has 0 spiro atoms. The molecule has 5 rings (SSSR count). The van der Waals surface area contributed by atoms with Gasteiger partial charge in [0.15, 0.2) is 5.78 Å². The predicted molar refractivity (Wildman–Crippen MR) is 145 cm³/mol. The molecule has 0 bridgehead atoms. The molecule has 1 saturated heterocycles. The van der Waals surface area contributed by atoms with E-state index in [9.17, 15) is 4.79 Å². The number of pyridine rings is 1. The molecule has 7 heteroatoms. The first kappa shape index (κ1) is 23.8. The molecule has 178 valence electrons. The fraction of sp³-hybridized carbons (Fsp3) is 0.214. The van der Waals surface area contributed by atoms with Crippen molar-refractivity contribution >= 4 is 51.3 Å². The maximum Gasteiger partial charge on any atom is 0.163 e. The topological polar surface area (TPSA) is 57.3 Å². The molecule has 0 atom stereocenters. The molecule has 0 saturated carbocycles. The Morgan fingerprint density at radius 3 is 2.37 bits per heavy atom. The summed E-state index contributed by atoms with van der Waals surface area (Å²) in [6.45, 7) is 6.68. The summed E-state index contributed by atoms with van der Waals surface area (Å²) in [6, 6.07) is 19.8. The van der Waals surface area contributed by atoms with Crippen molar-refractivity contribution in [2.45, 2.75) is 13.5 Å². The van der Waals surface area contributed by atoms with Gasteiger partial charge in [-0.3, -0.25) is 14.7 Å². The third kappa shape index (κ3) is 5.49. The second-order valence-corrected chi connectivity index (χ2v) is 9.71. The Hall–Kier alpha value is -2.96. The largest absolute Gasteiger partial charge is 0.354 e. The van der Waals surface area contributed by atoms with Crippen molar-refractivity contribution in [1.29, 1.82) is 0 Å². The van der Waals surface area contributed by atoms with E-state index < -0.39 is 0 Å². The maximum atomic E-state index is 12.5. The van der Waals surface area contributed by atoms with Gasteiger partial charge in [0.2, 0.25) is 0 Å². The first-order chi connectivity index (χ1) is 17.0. The van der Waals surface area contributed by atoms with Crippen molar-refractivity contribution in [3.8, 4) is 11.1 Å². The lowest BCUT2D eigenvalue weighted by Crippen LogP contribution is -2.42. The second kappa shape index (κ2) is 10.3. The number of ketones is 1. The molecule has 2 heterocycles. The Labute approximate surface area is 215 Å². The van der Waals surface area contributed by atoms with E-state index in [1.54, 1.807) is 19.2 Å². The standard InChI is InChI=1S/C28H26Cl2N4O/c1-18(35)26-16-32-27-7-4-20(21-12-22(29)15-23(30)13-21)14-25(27)28(26)33-24-5-2-19(3-6-24)17-34-10-8-31-9-11-34/h2-7,12-16,31H,8-11,17H2,1H3,(H,32,33). The third-order valence-electron chi connectivity index (χ3n) is 6.28. The Bertz CT molecular complexity index is 1360. The predicted octanol–water partition coefficient (Wildman–Crippen LogP) is 6.56. The molecule has 1 fully saturated rings. The van der Waals surface area contributed by atoms with Gasteiger partial charge in [0.05, 0.1) is 16.8 Å². The quantitative estimate of drug-likeness (QED) is 0.291. The van der Waals surface area contributed by atoms with E-state index in [0.29, 0.717) is 15.6 Å². The third-order valence-corrected chi connectivity index (χ3v) is 6.72. The van der Waals surface area contributed by atoms with Crippen molar-refractivity contribution in [1.82, 2.24) is 15.2 Å². The van der Waals surface area contributed by atoms with Crippen LogP contribution in [-0.4, -0.2) is 41.8 Å². The number of nitrogens with zero attached hydrogens (tertiary/aromatic N) is 2. The van der Waals surface area contributed by atoms with Crippen LogP contribution < -0.4 is 10.6 Å². The SMILES string of the molecule is CC(=O)c1cnc2ccc(-c3cc(Cl)cc(Cl)c3)cc2c1Nc1ccc(CN2CCNCC2)cc1. The zero-order valence-electron chi connectivity index (χ0n) is 19.4.